The molecular formula is C22H28N4O3. The van der Waals surface area contributed by atoms with E-state index in [4.69, 9.17) is 15.9 Å². The number of carbonyl (C=O) groups excluding carboxylic acids is 2. The normalized spacial score (nSPS) is 10.3. The number of carbonyl (C=O) groups is 2. The third kappa shape index (κ3) is 6.95. The minimum absolute atomic E-state index is 0.0346. The Labute approximate surface area is 171 Å². The van der Waals surface area contributed by atoms with Crippen molar-refractivity contribution in [3.8, 4) is 5.75 Å². The highest BCUT2D eigenvalue weighted by Gasteiger charge is 2.11. The number of amidine groups is 1. The van der Waals surface area contributed by atoms with Gasteiger partial charge in [0.2, 0.25) is 0 Å². The molecule has 0 atom stereocenters. The number of nitrogens with one attached hydrogen (secondary N) is 2. The highest BCUT2D eigenvalue weighted by Crippen LogP contribution is 2.14. The van der Waals surface area contributed by atoms with Gasteiger partial charge in [-0.1, -0.05) is 31.9 Å². The summed E-state index contributed by atoms with van der Waals surface area (Å²) in [5.74, 6) is 0.0344. The average molecular weight is 396 g/mol. The van der Waals surface area contributed by atoms with Crippen LogP contribution in [-0.4, -0.2) is 42.7 Å². The number of hydrogen-bond acceptors (Lipinski definition) is 4. The molecule has 29 heavy (non-hydrogen) atoms. The number of rotatable bonds is 10. The predicted octanol–water partition coefficient (Wildman–Crippen LogP) is 3.25. The van der Waals surface area contributed by atoms with Crippen LogP contribution in [0.1, 0.15) is 42.1 Å². The molecule has 2 amide bonds. The number of ether oxygens (including phenoxy) is 1. The summed E-state index contributed by atoms with van der Waals surface area (Å²) in [5, 5.41) is 10.2. The number of nitrogen functional groups attached to an aromatic ring is 1. The van der Waals surface area contributed by atoms with Crippen LogP contribution < -0.4 is 15.8 Å². The Bertz CT molecular complexity index is 849. The van der Waals surface area contributed by atoms with E-state index in [9.17, 15) is 9.59 Å². The summed E-state index contributed by atoms with van der Waals surface area (Å²) in [7, 11) is 1.80. The summed E-state index contributed by atoms with van der Waals surface area (Å²) in [4.78, 5) is 26.2. The van der Waals surface area contributed by atoms with Crippen molar-refractivity contribution in [2.45, 2.75) is 26.2 Å². The average Bonchev–Trinajstić information content (AvgIpc) is 2.72. The number of nitrogens with two attached hydrogens (primary N) is 1. The van der Waals surface area contributed by atoms with E-state index in [0.717, 1.165) is 25.8 Å². The minimum atomic E-state index is -0.325. The molecule has 2 aromatic carbocycles. The molecule has 0 fully saturated rings. The van der Waals surface area contributed by atoms with Crippen LogP contribution in [0.3, 0.4) is 0 Å². The number of amides is 2. The van der Waals surface area contributed by atoms with Crippen LogP contribution in [0.5, 0.6) is 5.75 Å². The molecule has 0 aliphatic rings. The molecule has 0 saturated heterocycles. The van der Waals surface area contributed by atoms with Gasteiger partial charge in [-0.25, -0.2) is 0 Å². The molecule has 0 radical (unpaired) electrons. The maximum atomic E-state index is 12.4. The minimum Gasteiger partial charge on any atom is -0.484 e. The van der Waals surface area contributed by atoms with Crippen LogP contribution >= 0.6 is 0 Å². The van der Waals surface area contributed by atoms with Gasteiger partial charge < -0.3 is 20.7 Å². The molecule has 0 heterocycles. The Hall–Kier alpha value is -3.35. The van der Waals surface area contributed by atoms with E-state index >= 15 is 0 Å². The van der Waals surface area contributed by atoms with Crippen LogP contribution in [0.25, 0.3) is 0 Å². The van der Waals surface area contributed by atoms with E-state index in [2.05, 4.69) is 12.2 Å². The summed E-state index contributed by atoms with van der Waals surface area (Å²) in [6.07, 6.45) is 3.20. The monoisotopic (exact) mass is 396 g/mol. The highest BCUT2D eigenvalue weighted by atomic mass is 16.5. The summed E-state index contributed by atoms with van der Waals surface area (Å²) >= 11 is 0. The van der Waals surface area contributed by atoms with Gasteiger partial charge in [0.15, 0.2) is 6.61 Å². The van der Waals surface area contributed by atoms with Crippen LogP contribution in [0.15, 0.2) is 48.5 Å². The highest BCUT2D eigenvalue weighted by molar-refractivity contribution is 5.96. The maximum Gasteiger partial charge on any atom is 0.262 e. The third-order valence-corrected chi connectivity index (χ3v) is 4.37. The van der Waals surface area contributed by atoms with Gasteiger partial charge in [-0.2, -0.15) is 0 Å². The number of anilines is 1. The molecule has 2 rings (SSSR count). The molecular weight excluding hydrogens is 368 g/mol. The third-order valence-electron chi connectivity index (χ3n) is 4.37. The molecule has 0 spiro atoms. The van der Waals surface area contributed by atoms with Crippen LogP contribution in [0.2, 0.25) is 0 Å². The van der Waals surface area contributed by atoms with Crippen molar-refractivity contribution in [3.63, 3.8) is 0 Å². The van der Waals surface area contributed by atoms with Gasteiger partial charge in [0, 0.05) is 30.4 Å². The Morgan fingerprint density at radius 2 is 1.83 bits per heavy atom. The fourth-order valence-electron chi connectivity index (χ4n) is 2.72. The zero-order valence-electron chi connectivity index (χ0n) is 16.9. The molecule has 7 nitrogen and oxygen atoms in total. The molecule has 4 N–H and O–H groups in total. The van der Waals surface area contributed by atoms with Gasteiger partial charge in [0.1, 0.15) is 11.6 Å². The first-order valence-electron chi connectivity index (χ1n) is 9.63. The van der Waals surface area contributed by atoms with Gasteiger partial charge in [-0.3, -0.25) is 15.0 Å². The van der Waals surface area contributed by atoms with E-state index in [1.54, 1.807) is 60.5 Å². The van der Waals surface area contributed by atoms with Gasteiger partial charge in [-0.05, 0) is 42.8 Å². The summed E-state index contributed by atoms with van der Waals surface area (Å²) < 4.78 is 5.45. The lowest BCUT2D eigenvalue weighted by molar-refractivity contribution is -0.118. The molecule has 0 unspecified atom stereocenters. The van der Waals surface area contributed by atoms with E-state index in [0.29, 0.717) is 22.6 Å². The number of unbranched alkanes of at least 4 members (excludes halogenated alkanes) is 2. The standard InChI is InChI=1S/C22H28N4O3/c1-3-4-5-13-26(2)22(28)16-9-11-18(12-10-16)25-20(27)15-29-19-8-6-7-17(14-19)21(23)24/h6-12,14H,3-5,13,15H2,1-2H3,(H3,23,24)(H,25,27). The van der Waals surface area contributed by atoms with Crippen molar-refractivity contribution >= 4 is 23.3 Å². The largest absolute Gasteiger partial charge is 0.484 e. The number of hydrogen-bond donors (Lipinski definition) is 3. The van der Waals surface area contributed by atoms with Gasteiger partial charge in [-0.15, -0.1) is 0 Å². The van der Waals surface area contributed by atoms with Crippen LogP contribution in [0, 0.1) is 5.41 Å². The van der Waals surface area contributed by atoms with Gasteiger partial charge in [0.25, 0.3) is 11.8 Å². The molecule has 0 aromatic heterocycles. The molecule has 2 aromatic rings. The van der Waals surface area contributed by atoms with Crippen molar-refractivity contribution in [2.75, 3.05) is 25.5 Å². The van der Waals surface area contributed by atoms with Crippen molar-refractivity contribution in [3.05, 3.63) is 59.7 Å². The van der Waals surface area contributed by atoms with E-state index in [1.807, 2.05) is 0 Å². The maximum absolute atomic E-state index is 12.4. The number of nitrogens with zero attached hydrogens (tertiary/aromatic N) is 1. The second-order valence-corrected chi connectivity index (χ2v) is 6.79. The van der Waals surface area contributed by atoms with Gasteiger partial charge in [0.05, 0.1) is 0 Å². The molecule has 7 heteroatoms. The lowest BCUT2D eigenvalue weighted by Crippen LogP contribution is -2.27. The Morgan fingerprint density at radius 1 is 1.10 bits per heavy atom. The Balaban J connectivity index is 1.85. The van der Waals surface area contributed by atoms with Crippen molar-refractivity contribution in [2.24, 2.45) is 5.73 Å². The second kappa shape index (κ2) is 10.8. The zero-order chi connectivity index (χ0) is 21.2. The zero-order valence-corrected chi connectivity index (χ0v) is 16.9. The molecule has 0 aliphatic carbocycles. The van der Waals surface area contributed by atoms with E-state index in [-0.39, 0.29) is 24.3 Å². The lowest BCUT2D eigenvalue weighted by Gasteiger charge is -2.17. The lowest BCUT2D eigenvalue weighted by atomic mass is 10.1. The SMILES string of the molecule is CCCCCN(C)C(=O)c1ccc(NC(=O)COc2cccc(C(=N)N)c2)cc1. The van der Waals surface area contributed by atoms with E-state index in [1.165, 1.54) is 0 Å². The quantitative estimate of drug-likeness (QED) is 0.325. The predicted molar refractivity (Wildman–Crippen MR) is 115 cm³/mol. The van der Waals surface area contributed by atoms with Crippen LogP contribution in [0.4, 0.5) is 5.69 Å². The Morgan fingerprint density at radius 3 is 2.48 bits per heavy atom. The summed E-state index contributed by atoms with van der Waals surface area (Å²) in [6.45, 7) is 2.68. The summed E-state index contributed by atoms with van der Waals surface area (Å²) in [5.41, 5.74) is 7.14. The fraction of sp³-hybridized carbons (Fsp3) is 0.318. The smallest absolute Gasteiger partial charge is 0.262 e. The Kier molecular flexibility index (Phi) is 8.21. The molecule has 0 aliphatic heterocycles. The van der Waals surface area contributed by atoms with Crippen molar-refractivity contribution < 1.29 is 14.3 Å². The first-order chi connectivity index (χ1) is 13.9. The van der Waals surface area contributed by atoms with Crippen molar-refractivity contribution in [1.29, 1.82) is 5.41 Å². The van der Waals surface area contributed by atoms with Crippen LogP contribution in [-0.2, 0) is 4.79 Å². The molecule has 0 saturated carbocycles. The first-order valence-corrected chi connectivity index (χ1v) is 9.63. The molecule has 154 valence electrons. The summed E-state index contributed by atoms with van der Waals surface area (Å²) in [6, 6.07) is 13.5. The van der Waals surface area contributed by atoms with E-state index < -0.39 is 0 Å². The topological polar surface area (TPSA) is 109 Å². The second-order valence-electron chi connectivity index (χ2n) is 6.79. The first kappa shape index (κ1) is 21.9. The van der Waals surface area contributed by atoms with Crippen molar-refractivity contribution in [1.82, 2.24) is 4.90 Å². The van der Waals surface area contributed by atoms with Gasteiger partial charge >= 0.3 is 0 Å². The number of benzene rings is 2. The fourth-order valence-corrected chi connectivity index (χ4v) is 2.72. The molecule has 0 bridgehead atoms.